The van der Waals surface area contributed by atoms with Gasteiger partial charge in [-0.15, -0.1) is 0 Å². The Hall–Kier alpha value is -1.07. The SMILES string of the molecule is CCCCCc1cccc(CCCCC)c1OCC(CC)S(=O)(=O)O. The molecule has 0 saturated carbocycles. The number of hydrogen-bond donors (Lipinski definition) is 1. The van der Waals surface area contributed by atoms with Gasteiger partial charge >= 0.3 is 0 Å². The Morgan fingerprint density at radius 1 is 0.960 bits per heavy atom. The van der Waals surface area contributed by atoms with Crippen LogP contribution in [0, 0.1) is 0 Å². The molecule has 0 radical (unpaired) electrons. The first kappa shape index (κ1) is 22.0. The number of unbranched alkanes of at least 4 members (excludes halogenated alkanes) is 4. The first-order chi connectivity index (χ1) is 11.9. The minimum atomic E-state index is -4.08. The van der Waals surface area contributed by atoms with Crippen LogP contribution in [0.15, 0.2) is 18.2 Å². The van der Waals surface area contributed by atoms with Gasteiger partial charge in [-0.3, -0.25) is 4.55 Å². The van der Waals surface area contributed by atoms with Gasteiger partial charge in [-0.05, 0) is 43.2 Å². The molecule has 0 spiro atoms. The zero-order valence-electron chi connectivity index (χ0n) is 16.0. The van der Waals surface area contributed by atoms with Crippen molar-refractivity contribution in [3.63, 3.8) is 0 Å². The topological polar surface area (TPSA) is 63.6 Å². The van der Waals surface area contributed by atoms with E-state index in [4.69, 9.17) is 4.74 Å². The molecule has 4 nitrogen and oxygen atoms in total. The molecule has 0 amide bonds. The van der Waals surface area contributed by atoms with Gasteiger partial charge in [0.25, 0.3) is 10.1 Å². The van der Waals surface area contributed by atoms with Gasteiger partial charge < -0.3 is 4.74 Å². The number of benzene rings is 1. The smallest absolute Gasteiger partial charge is 0.271 e. The van der Waals surface area contributed by atoms with E-state index in [2.05, 4.69) is 32.0 Å². The Morgan fingerprint density at radius 2 is 1.48 bits per heavy atom. The molecule has 0 aliphatic rings. The van der Waals surface area contributed by atoms with Gasteiger partial charge in [-0.25, -0.2) is 0 Å². The molecule has 1 atom stereocenters. The highest BCUT2D eigenvalue weighted by atomic mass is 32.2. The van der Waals surface area contributed by atoms with E-state index >= 15 is 0 Å². The Bertz CT molecular complexity index is 567. The van der Waals surface area contributed by atoms with E-state index in [9.17, 15) is 13.0 Å². The van der Waals surface area contributed by atoms with Crippen molar-refractivity contribution in [1.82, 2.24) is 0 Å². The van der Waals surface area contributed by atoms with Crippen LogP contribution in [0.3, 0.4) is 0 Å². The second-order valence-corrected chi connectivity index (χ2v) is 8.37. The van der Waals surface area contributed by atoms with E-state index in [0.29, 0.717) is 6.42 Å². The molecule has 25 heavy (non-hydrogen) atoms. The molecule has 0 saturated heterocycles. The lowest BCUT2D eigenvalue weighted by atomic mass is 9.99. The van der Waals surface area contributed by atoms with E-state index < -0.39 is 15.4 Å². The molecule has 0 heterocycles. The summed E-state index contributed by atoms with van der Waals surface area (Å²) < 4.78 is 38.2. The van der Waals surface area contributed by atoms with Crippen LogP contribution < -0.4 is 4.74 Å². The predicted octanol–water partition coefficient (Wildman–Crippen LogP) is 5.20. The largest absolute Gasteiger partial charge is 0.492 e. The van der Waals surface area contributed by atoms with Crippen molar-refractivity contribution in [3.05, 3.63) is 29.3 Å². The molecule has 0 bridgehead atoms. The average molecular weight is 371 g/mol. The summed E-state index contributed by atoms with van der Waals surface area (Å²) in [7, 11) is -4.08. The number of hydrogen-bond acceptors (Lipinski definition) is 3. The van der Waals surface area contributed by atoms with Crippen LogP contribution in [-0.4, -0.2) is 24.8 Å². The summed E-state index contributed by atoms with van der Waals surface area (Å²) >= 11 is 0. The summed E-state index contributed by atoms with van der Waals surface area (Å²) in [4.78, 5) is 0. The highest BCUT2D eigenvalue weighted by Gasteiger charge is 2.23. The van der Waals surface area contributed by atoms with Crippen molar-refractivity contribution in [2.75, 3.05) is 6.61 Å². The maximum absolute atomic E-state index is 11.5. The number of aryl methyl sites for hydroxylation is 2. The standard InChI is InChI=1S/C20H34O4S/c1-4-7-9-12-17-14-11-15-18(13-10-8-5-2)20(17)24-16-19(6-3)25(21,22)23/h11,14-15,19H,4-10,12-13,16H2,1-3H3,(H,21,22,23). The van der Waals surface area contributed by atoms with Crippen LogP contribution in [0.5, 0.6) is 5.75 Å². The van der Waals surface area contributed by atoms with Gasteiger partial charge in [0, 0.05) is 0 Å². The van der Waals surface area contributed by atoms with E-state index in [-0.39, 0.29) is 6.61 Å². The van der Waals surface area contributed by atoms with Crippen LogP contribution >= 0.6 is 0 Å². The molecule has 0 aliphatic carbocycles. The van der Waals surface area contributed by atoms with Gasteiger partial charge in [0.2, 0.25) is 0 Å². The van der Waals surface area contributed by atoms with Crippen molar-refractivity contribution in [3.8, 4) is 5.75 Å². The molecule has 0 aliphatic heterocycles. The quantitative estimate of drug-likeness (QED) is 0.383. The molecule has 1 aromatic carbocycles. The summed E-state index contributed by atoms with van der Waals surface area (Å²) in [5.74, 6) is 0.830. The molecule has 5 heteroatoms. The minimum absolute atomic E-state index is 0.000895. The van der Waals surface area contributed by atoms with Gasteiger partial charge in [0.15, 0.2) is 0 Å². The first-order valence-electron chi connectivity index (χ1n) is 9.63. The maximum atomic E-state index is 11.5. The average Bonchev–Trinajstić information content (AvgIpc) is 2.56. The lowest BCUT2D eigenvalue weighted by Gasteiger charge is -2.19. The Kier molecular flexibility index (Phi) is 10.1. The molecule has 1 unspecified atom stereocenters. The lowest BCUT2D eigenvalue weighted by Crippen LogP contribution is -2.27. The second kappa shape index (κ2) is 11.5. The molecule has 0 aromatic heterocycles. The first-order valence-corrected chi connectivity index (χ1v) is 11.1. The summed E-state index contributed by atoms with van der Waals surface area (Å²) in [5, 5.41) is -0.875. The lowest BCUT2D eigenvalue weighted by molar-refractivity contribution is 0.296. The predicted molar refractivity (Wildman–Crippen MR) is 104 cm³/mol. The fraction of sp³-hybridized carbons (Fsp3) is 0.700. The van der Waals surface area contributed by atoms with Gasteiger partial charge in [-0.1, -0.05) is 64.7 Å². The maximum Gasteiger partial charge on any atom is 0.271 e. The van der Waals surface area contributed by atoms with E-state index in [1.54, 1.807) is 6.92 Å². The highest BCUT2D eigenvalue weighted by Crippen LogP contribution is 2.28. The summed E-state index contributed by atoms with van der Waals surface area (Å²) in [6.45, 7) is 6.10. The van der Waals surface area contributed by atoms with Gasteiger partial charge in [0.05, 0.1) is 0 Å². The van der Waals surface area contributed by atoms with Gasteiger partial charge in [0.1, 0.15) is 17.6 Å². The monoisotopic (exact) mass is 370 g/mol. The molecule has 1 aromatic rings. The number of rotatable bonds is 13. The van der Waals surface area contributed by atoms with Crippen molar-refractivity contribution >= 4 is 10.1 Å². The van der Waals surface area contributed by atoms with Crippen LogP contribution in [-0.2, 0) is 23.0 Å². The summed E-state index contributed by atoms with van der Waals surface area (Å²) in [6, 6.07) is 6.21. The zero-order chi connectivity index (χ0) is 18.7. The molecule has 1 N–H and O–H groups in total. The van der Waals surface area contributed by atoms with Crippen molar-refractivity contribution < 1.29 is 17.7 Å². The van der Waals surface area contributed by atoms with Crippen LogP contribution in [0.1, 0.15) is 76.8 Å². The van der Waals surface area contributed by atoms with Gasteiger partial charge in [-0.2, -0.15) is 8.42 Å². The number of ether oxygens (including phenoxy) is 1. The highest BCUT2D eigenvalue weighted by molar-refractivity contribution is 7.86. The van der Waals surface area contributed by atoms with Crippen LogP contribution in [0.4, 0.5) is 0 Å². The molecular weight excluding hydrogens is 336 g/mol. The van der Waals surface area contributed by atoms with Crippen LogP contribution in [0.2, 0.25) is 0 Å². The van der Waals surface area contributed by atoms with Crippen molar-refractivity contribution in [2.24, 2.45) is 0 Å². The summed E-state index contributed by atoms with van der Waals surface area (Å²) in [6.07, 6.45) is 9.06. The normalized spacial score (nSPS) is 13.0. The number of para-hydroxylation sites is 1. The van der Waals surface area contributed by atoms with Crippen molar-refractivity contribution in [1.29, 1.82) is 0 Å². The molecule has 144 valence electrons. The molecule has 1 rings (SSSR count). The third-order valence-electron chi connectivity index (χ3n) is 4.57. The van der Waals surface area contributed by atoms with E-state index in [1.807, 2.05) is 0 Å². The Balaban J connectivity index is 2.95. The third-order valence-corrected chi connectivity index (χ3v) is 5.88. The third kappa shape index (κ3) is 7.78. The molecular formula is C20H34O4S. The Morgan fingerprint density at radius 3 is 1.88 bits per heavy atom. The fourth-order valence-electron chi connectivity index (χ4n) is 2.94. The Labute approximate surface area is 153 Å². The van der Waals surface area contributed by atoms with Crippen molar-refractivity contribution in [2.45, 2.75) is 83.8 Å². The van der Waals surface area contributed by atoms with E-state index in [1.165, 1.54) is 12.8 Å². The van der Waals surface area contributed by atoms with Crippen LogP contribution in [0.25, 0.3) is 0 Å². The second-order valence-electron chi connectivity index (χ2n) is 6.68. The van der Waals surface area contributed by atoms with E-state index in [0.717, 1.165) is 55.4 Å². The zero-order valence-corrected chi connectivity index (χ0v) is 16.8. The molecule has 0 fully saturated rings. The minimum Gasteiger partial charge on any atom is -0.492 e. The summed E-state index contributed by atoms with van der Waals surface area (Å²) in [5.41, 5.74) is 2.29. The fourth-order valence-corrected chi connectivity index (χ4v) is 3.60.